The van der Waals surface area contributed by atoms with Crippen LogP contribution in [0, 0.1) is 0 Å². The highest BCUT2D eigenvalue weighted by Crippen LogP contribution is 2.28. The second-order valence-corrected chi connectivity index (χ2v) is 4.20. The fourth-order valence-corrected chi connectivity index (χ4v) is 1.88. The van der Waals surface area contributed by atoms with Crippen LogP contribution in [0.4, 0.5) is 18.3 Å². The van der Waals surface area contributed by atoms with Crippen LogP contribution in [0.5, 0.6) is 0 Å². The Morgan fingerprint density at radius 2 is 1.94 bits per heavy atom. The Bertz CT molecular complexity index is 497. The maximum Gasteiger partial charge on any atom is 0.452 e. The van der Waals surface area contributed by atoms with Crippen molar-refractivity contribution in [2.24, 2.45) is 0 Å². The first kappa shape index (κ1) is 12.7. The average Bonchev–Trinajstić information content (AvgIpc) is 2.79. The Morgan fingerprint density at radius 3 is 2.56 bits per heavy atom. The first-order chi connectivity index (χ1) is 8.55. The lowest BCUT2D eigenvalue weighted by Crippen LogP contribution is -2.08. The van der Waals surface area contributed by atoms with Gasteiger partial charge in [0.05, 0.1) is 0 Å². The van der Waals surface area contributed by atoms with E-state index in [0.717, 1.165) is 5.56 Å². The molecule has 1 N–H and O–H groups in total. The second kappa shape index (κ2) is 5.30. The van der Waals surface area contributed by atoms with Gasteiger partial charge in [-0.15, -0.1) is 0 Å². The summed E-state index contributed by atoms with van der Waals surface area (Å²) >= 11 is 0.707. The average molecular weight is 274 g/mol. The topological polar surface area (TPSA) is 50.7 Å². The van der Waals surface area contributed by atoms with Crippen LogP contribution in [-0.2, 0) is 12.6 Å². The van der Waals surface area contributed by atoms with E-state index < -0.39 is 12.0 Å². The number of anilines is 1. The molecule has 2 heterocycles. The van der Waals surface area contributed by atoms with Crippen molar-refractivity contribution in [2.45, 2.75) is 12.6 Å². The van der Waals surface area contributed by atoms with Gasteiger partial charge in [-0.25, -0.2) is 0 Å². The molecule has 8 heteroatoms. The number of rotatable bonds is 4. The summed E-state index contributed by atoms with van der Waals surface area (Å²) in [7, 11) is 0. The fraction of sp³-hybridized carbons (Fsp3) is 0.300. The summed E-state index contributed by atoms with van der Waals surface area (Å²) < 4.78 is 40.0. The number of halogens is 3. The van der Waals surface area contributed by atoms with Crippen molar-refractivity contribution in [3.05, 3.63) is 35.9 Å². The largest absolute Gasteiger partial charge is 0.452 e. The summed E-state index contributed by atoms with van der Waals surface area (Å²) in [6.07, 6.45) is -0.463. The lowest BCUT2D eigenvalue weighted by atomic mass is 10.2. The molecule has 0 aliphatic carbocycles. The SMILES string of the molecule is FC(F)(F)c1nsc(NCCc2ccncc2)n1. The first-order valence-corrected chi connectivity index (χ1v) is 5.87. The quantitative estimate of drug-likeness (QED) is 0.931. The molecule has 18 heavy (non-hydrogen) atoms. The monoisotopic (exact) mass is 274 g/mol. The molecule has 0 saturated carbocycles. The van der Waals surface area contributed by atoms with E-state index in [0.29, 0.717) is 24.5 Å². The van der Waals surface area contributed by atoms with Crippen LogP contribution >= 0.6 is 11.5 Å². The third kappa shape index (κ3) is 3.39. The Balaban J connectivity index is 1.86. The van der Waals surface area contributed by atoms with Crippen LogP contribution < -0.4 is 5.32 Å². The number of nitrogens with zero attached hydrogens (tertiary/aromatic N) is 3. The number of hydrogen-bond donors (Lipinski definition) is 1. The van der Waals surface area contributed by atoms with Crippen molar-refractivity contribution in [3.8, 4) is 0 Å². The summed E-state index contributed by atoms with van der Waals surface area (Å²) in [5.74, 6) is -1.10. The number of hydrogen-bond acceptors (Lipinski definition) is 5. The van der Waals surface area contributed by atoms with Crippen LogP contribution in [0.3, 0.4) is 0 Å². The molecule has 4 nitrogen and oxygen atoms in total. The fourth-order valence-electron chi connectivity index (χ4n) is 1.27. The molecule has 2 aromatic rings. The molecule has 2 rings (SSSR count). The van der Waals surface area contributed by atoms with Crippen LogP contribution in [-0.4, -0.2) is 20.9 Å². The van der Waals surface area contributed by atoms with Crippen molar-refractivity contribution >= 4 is 16.7 Å². The van der Waals surface area contributed by atoms with Gasteiger partial charge in [0.1, 0.15) is 0 Å². The molecule has 2 aromatic heterocycles. The number of nitrogens with one attached hydrogen (secondary N) is 1. The molecule has 0 fully saturated rings. The van der Waals surface area contributed by atoms with Crippen LogP contribution in [0.25, 0.3) is 0 Å². The molecule has 0 aliphatic heterocycles. The van der Waals surface area contributed by atoms with Crippen LogP contribution in [0.1, 0.15) is 11.4 Å². The third-order valence-corrected chi connectivity index (χ3v) is 2.79. The second-order valence-electron chi connectivity index (χ2n) is 3.45. The summed E-state index contributed by atoms with van der Waals surface area (Å²) in [6.45, 7) is 0.497. The molecule has 0 aromatic carbocycles. The molecular formula is C10H9F3N4S. The van der Waals surface area contributed by atoms with Crippen molar-refractivity contribution in [2.75, 3.05) is 11.9 Å². The van der Waals surface area contributed by atoms with E-state index in [1.807, 2.05) is 12.1 Å². The predicted molar refractivity (Wildman–Crippen MR) is 61.3 cm³/mol. The van der Waals surface area contributed by atoms with E-state index in [9.17, 15) is 13.2 Å². The summed E-state index contributed by atoms with van der Waals surface area (Å²) in [5, 5.41) is 2.99. The Labute approximate surface area is 105 Å². The lowest BCUT2D eigenvalue weighted by molar-refractivity contribution is -0.144. The molecule has 0 unspecified atom stereocenters. The van der Waals surface area contributed by atoms with Gasteiger partial charge in [-0.1, -0.05) is 0 Å². The minimum atomic E-state index is -4.48. The minimum absolute atomic E-state index is 0.177. The van der Waals surface area contributed by atoms with Gasteiger partial charge < -0.3 is 5.32 Å². The highest BCUT2D eigenvalue weighted by Gasteiger charge is 2.36. The number of pyridine rings is 1. The van der Waals surface area contributed by atoms with Crippen LogP contribution in [0.2, 0.25) is 0 Å². The zero-order valence-electron chi connectivity index (χ0n) is 9.11. The van der Waals surface area contributed by atoms with E-state index in [1.165, 1.54) is 0 Å². The zero-order valence-corrected chi connectivity index (χ0v) is 9.92. The van der Waals surface area contributed by atoms with Gasteiger partial charge in [0, 0.05) is 30.5 Å². The Hall–Kier alpha value is -1.70. The van der Waals surface area contributed by atoms with Crippen molar-refractivity contribution < 1.29 is 13.2 Å². The van der Waals surface area contributed by atoms with Crippen LogP contribution in [0.15, 0.2) is 24.5 Å². The molecular weight excluding hydrogens is 265 g/mol. The third-order valence-electron chi connectivity index (χ3n) is 2.12. The standard InChI is InChI=1S/C10H9F3N4S/c11-10(12,13)8-16-9(18-17-8)15-6-3-7-1-4-14-5-2-7/h1-2,4-5H,3,6H2,(H,15,16,17). The maximum absolute atomic E-state index is 12.2. The Morgan fingerprint density at radius 1 is 1.22 bits per heavy atom. The molecule has 0 aliphatic rings. The molecule has 0 atom stereocenters. The van der Waals surface area contributed by atoms with E-state index in [1.54, 1.807) is 12.4 Å². The smallest absolute Gasteiger partial charge is 0.360 e. The molecule has 0 amide bonds. The van der Waals surface area contributed by atoms with Crippen molar-refractivity contribution in [3.63, 3.8) is 0 Å². The van der Waals surface area contributed by atoms with E-state index in [2.05, 4.69) is 19.7 Å². The van der Waals surface area contributed by atoms with Gasteiger partial charge in [0.15, 0.2) is 0 Å². The highest BCUT2D eigenvalue weighted by molar-refractivity contribution is 7.09. The molecule has 0 spiro atoms. The van der Waals surface area contributed by atoms with Gasteiger partial charge in [0.2, 0.25) is 11.0 Å². The summed E-state index contributed by atoms with van der Waals surface area (Å²) in [6, 6.07) is 3.70. The predicted octanol–water partition coefficient (Wildman–Crippen LogP) is 2.61. The molecule has 0 radical (unpaired) electrons. The van der Waals surface area contributed by atoms with Gasteiger partial charge >= 0.3 is 6.18 Å². The number of alkyl halides is 3. The molecule has 0 bridgehead atoms. The highest BCUT2D eigenvalue weighted by atomic mass is 32.1. The van der Waals surface area contributed by atoms with Gasteiger partial charge in [0.25, 0.3) is 0 Å². The van der Waals surface area contributed by atoms with Gasteiger partial charge in [-0.3, -0.25) is 4.98 Å². The van der Waals surface area contributed by atoms with E-state index in [-0.39, 0.29) is 5.13 Å². The van der Waals surface area contributed by atoms with Gasteiger partial charge in [-0.2, -0.15) is 22.5 Å². The van der Waals surface area contributed by atoms with E-state index >= 15 is 0 Å². The first-order valence-electron chi connectivity index (χ1n) is 5.09. The number of aromatic nitrogens is 3. The maximum atomic E-state index is 12.2. The zero-order chi connectivity index (χ0) is 13.0. The normalized spacial score (nSPS) is 11.5. The summed E-state index contributed by atoms with van der Waals surface area (Å²) in [5.41, 5.74) is 1.05. The van der Waals surface area contributed by atoms with Crippen molar-refractivity contribution in [1.82, 2.24) is 14.3 Å². The lowest BCUT2D eigenvalue weighted by Gasteiger charge is -2.02. The van der Waals surface area contributed by atoms with Crippen molar-refractivity contribution in [1.29, 1.82) is 0 Å². The molecule has 96 valence electrons. The Kier molecular flexibility index (Phi) is 3.75. The molecule has 0 saturated heterocycles. The minimum Gasteiger partial charge on any atom is -0.360 e. The van der Waals surface area contributed by atoms with Gasteiger partial charge in [-0.05, 0) is 24.1 Å². The van der Waals surface area contributed by atoms with E-state index in [4.69, 9.17) is 0 Å². The summed E-state index contributed by atoms with van der Waals surface area (Å²) in [4.78, 5) is 7.25.